The van der Waals surface area contributed by atoms with E-state index in [-0.39, 0.29) is 18.9 Å². The second kappa shape index (κ2) is 7.93. The zero-order valence-electron chi connectivity index (χ0n) is 13.9. The lowest BCUT2D eigenvalue weighted by molar-refractivity contribution is -0.132. The molecule has 0 bridgehead atoms. The average Bonchev–Trinajstić information content (AvgIpc) is 2.51. The molecule has 0 aromatic heterocycles. The molecule has 0 N–H and O–H groups in total. The molecule has 0 aliphatic carbocycles. The number of benzene rings is 1. The number of rotatable bonds is 6. The van der Waals surface area contributed by atoms with Crippen LogP contribution in [0.5, 0.6) is 0 Å². The highest BCUT2D eigenvalue weighted by Crippen LogP contribution is 2.17. The molecule has 1 amide bonds. The lowest BCUT2D eigenvalue weighted by Gasteiger charge is -2.31. The fourth-order valence-electron chi connectivity index (χ4n) is 2.79. The van der Waals surface area contributed by atoms with Crippen molar-refractivity contribution in [3.05, 3.63) is 35.9 Å². The Kier molecular flexibility index (Phi) is 6.18. The summed E-state index contributed by atoms with van der Waals surface area (Å²) in [7, 11) is -3.34. The quantitative estimate of drug-likeness (QED) is 0.798. The number of carbonyl (C=O) groups is 1. The normalized spacial score (nSPS) is 16.7. The van der Waals surface area contributed by atoms with E-state index in [1.165, 1.54) is 10.6 Å². The maximum atomic E-state index is 12.3. The van der Waals surface area contributed by atoms with Crippen molar-refractivity contribution >= 4 is 15.9 Å². The third-order valence-corrected chi connectivity index (χ3v) is 5.63. The first-order valence-corrected chi connectivity index (χ1v) is 9.98. The second-order valence-electron chi connectivity index (χ2n) is 6.40. The van der Waals surface area contributed by atoms with Crippen LogP contribution < -0.4 is 0 Å². The van der Waals surface area contributed by atoms with E-state index in [0.29, 0.717) is 12.5 Å². The van der Waals surface area contributed by atoms with Crippen molar-refractivity contribution in [1.29, 1.82) is 0 Å². The second-order valence-corrected chi connectivity index (χ2v) is 8.38. The Balaban J connectivity index is 1.92. The van der Waals surface area contributed by atoms with Gasteiger partial charge in [-0.1, -0.05) is 37.3 Å². The summed E-state index contributed by atoms with van der Waals surface area (Å²) in [5, 5.41) is 0. The maximum absolute atomic E-state index is 12.3. The molecule has 1 heterocycles. The topological polar surface area (TPSA) is 57.7 Å². The smallest absolute Gasteiger partial charge is 0.223 e. The van der Waals surface area contributed by atoms with Gasteiger partial charge < -0.3 is 4.90 Å². The van der Waals surface area contributed by atoms with Gasteiger partial charge in [0.05, 0.1) is 6.26 Å². The predicted octanol–water partition coefficient (Wildman–Crippen LogP) is 2.10. The van der Waals surface area contributed by atoms with Crippen molar-refractivity contribution in [1.82, 2.24) is 9.21 Å². The van der Waals surface area contributed by atoms with E-state index in [2.05, 4.69) is 6.92 Å². The molecule has 128 valence electrons. The van der Waals surface area contributed by atoms with Crippen molar-refractivity contribution in [2.45, 2.75) is 32.7 Å². The molecule has 1 aliphatic heterocycles. The maximum Gasteiger partial charge on any atom is 0.223 e. The molecule has 0 saturated carbocycles. The van der Waals surface area contributed by atoms with Gasteiger partial charge in [-0.25, -0.2) is 8.42 Å². The van der Waals surface area contributed by atoms with Gasteiger partial charge >= 0.3 is 0 Å². The number of sulfonamides is 1. The number of hydrogen-bond donors (Lipinski definition) is 0. The van der Waals surface area contributed by atoms with Gasteiger partial charge in [-0.2, -0.15) is 4.31 Å². The summed E-state index contributed by atoms with van der Waals surface area (Å²) >= 11 is 0. The molecular formula is C17H26N2O3S. The molecule has 1 saturated heterocycles. The molecule has 0 spiro atoms. The van der Waals surface area contributed by atoms with Crippen molar-refractivity contribution in [3.8, 4) is 0 Å². The average molecular weight is 338 g/mol. The Morgan fingerprint density at radius 1 is 1.22 bits per heavy atom. The van der Waals surface area contributed by atoms with Crippen LogP contribution in [0.4, 0.5) is 0 Å². The molecule has 5 nitrogen and oxygen atoms in total. The van der Waals surface area contributed by atoms with Crippen molar-refractivity contribution in [2.24, 2.45) is 5.92 Å². The van der Waals surface area contributed by atoms with Crippen molar-refractivity contribution in [2.75, 3.05) is 25.9 Å². The van der Waals surface area contributed by atoms with E-state index in [1.807, 2.05) is 35.2 Å². The lowest BCUT2D eigenvalue weighted by Crippen LogP contribution is -2.40. The van der Waals surface area contributed by atoms with Gasteiger partial charge in [0.25, 0.3) is 0 Å². The Morgan fingerprint density at radius 2 is 1.83 bits per heavy atom. The zero-order chi connectivity index (χ0) is 16.9. The molecule has 1 aromatic carbocycles. The Hall–Kier alpha value is -1.40. The molecular weight excluding hydrogens is 312 g/mol. The standard InChI is InChI=1S/C17H26N2O3S/c1-15-8-11-18(12-9-15)17(20)10-13-19(23(2,21)22)14-16-6-4-3-5-7-16/h3-7,15H,8-14H2,1-2H3. The number of hydrogen-bond acceptors (Lipinski definition) is 3. The molecule has 0 radical (unpaired) electrons. The molecule has 1 aromatic rings. The third-order valence-electron chi connectivity index (χ3n) is 4.38. The predicted molar refractivity (Wildman–Crippen MR) is 91.3 cm³/mol. The highest BCUT2D eigenvalue weighted by atomic mass is 32.2. The fraction of sp³-hybridized carbons (Fsp3) is 0.588. The molecule has 1 fully saturated rings. The number of amides is 1. The summed E-state index contributed by atoms with van der Waals surface area (Å²) in [4.78, 5) is 14.2. The summed E-state index contributed by atoms with van der Waals surface area (Å²) in [6.45, 7) is 4.32. The lowest BCUT2D eigenvalue weighted by atomic mass is 9.99. The number of piperidine rings is 1. The first-order chi connectivity index (χ1) is 10.9. The van der Waals surface area contributed by atoms with Crippen LogP contribution in [0, 0.1) is 5.92 Å². The van der Waals surface area contributed by atoms with E-state index in [4.69, 9.17) is 0 Å². The minimum Gasteiger partial charge on any atom is -0.343 e. The first kappa shape index (κ1) is 17.9. The minimum absolute atomic E-state index is 0.0543. The molecule has 1 aliphatic rings. The van der Waals surface area contributed by atoms with Crippen LogP contribution in [0.2, 0.25) is 0 Å². The van der Waals surface area contributed by atoms with Gasteiger partial charge in [-0.05, 0) is 24.3 Å². The van der Waals surface area contributed by atoms with E-state index in [9.17, 15) is 13.2 Å². The van der Waals surface area contributed by atoms with Crippen LogP contribution in [0.15, 0.2) is 30.3 Å². The molecule has 6 heteroatoms. The highest BCUT2D eigenvalue weighted by Gasteiger charge is 2.23. The van der Waals surface area contributed by atoms with Crippen molar-refractivity contribution in [3.63, 3.8) is 0 Å². The van der Waals surface area contributed by atoms with E-state index < -0.39 is 10.0 Å². The van der Waals surface area contributed by atoms with Gasteiger partial charge in [0, 0.05) is 32.6 Å². The summed E-state index contributed by atoms with van der Waals surface area (Å²) in [5.41, 5.74) is 0.928. The number of carbonyl (C=O) groups excluding carboxylic acids is 1. The van der Waals surface area contributed by atoms with Crippen molar-refractivity contribution < 1.29 is 13.2 Å². The van der Waals surface area contributed by atoms with Gasteiger partial charge in [0.1, 0.15) is 0 Å². The van der Waals surface area contributed by atoms with Gasteiger partial charge in [0.15, 0.2) is 0 Å². The largest absolute Gasteiger partial charge is 0.343 e. The Bertz CT molecular complexity index is 608. The van der Waals surface area contributed by atoms with Crippen LogP contribution in [0.25, 0.3) is 0 Å². The third kappa shape index (κ3) is 5.62. The SMILES string of the molecule is CC1CCN(C(=O)CCN(Cc2ccccc2)S(C)(=O)=O)CC1. The summed E-state index contributed by atoms with van der Waals surface area (Å²) in [5.74, 6) is 0.725. The monoisotopic (exact) mass is 338 g/mol. The molecule has 0 atom stereocenters. The first-order valence-electron chi connectivity index (χ1n) is 8.13. The summed E-state index contributed by atoms with van der Waals surface area (Å²) in [6.07, 6.45) is 3.51. The fourth-order valence-corrected chi connectivity index (χ4v) is 3.59. The number of likely N-dealkylation sites (tertiary alicyclic amines) is 1. The van der Waals surface area contributed by atoms with E-state index in [0.717, 1.165) is 31.5 Å². The van der Waals surface area contributed by atoms with Crippen LogP contribution in [0.1, 0.15) is 31.7 Å². The molecule has 0 unspecified atom stereocenters. The van der Waals surface area contributed by atoms with Crippen LogP contribution in [0.3, 0.4) is 0 Å². The Labute approximate surface area is 139 Å². The van der Waals surface area contributed by atoms with Crippen LogP contribution in [-0.2, 0) is 21.4 Å². The van der Waals surface area contributed by atoms with Gasteiger partial charge in [0.2, 0.25) is 15.9 Å². The van der Waals surface area contributed by atoms with Gasteiger partial charge in [-0.15, -0.1) is 0 Å². The number of nitrogens with zero attached hydrogens (tertiary/aromatic N) is 2. The zero-order valence-corrected chi connectivity index (χ0v) is 14.8. The van der Waals surface area contributed by atoms with Crippen LogP contribution >= 0.6 is 0 Å². The highest BCUT2D eigenvalue weighted by molar-refractivity contribution is 7.88. The summed E-state index contributed by atoms with van der Waals surface area (Å²) < 4.78 is 25.3. The van der Waals surface area contributed by atoms with E-state index in [1.54, 1.807) is 0 Å². The molecule has 2 rings (SSSR count). The minimum atomic E-state index is -3.34. The Morgan fingerprint density at radius 3 is 2.39 bits per heavy atom. The van der Waals surface area contributed by atoms with Crippen LogP contribution in [-0.4, -0.2) is 49.4 Å². The van der Waals surface area contributed by atoms with E-state index >= 15 is 0 Å². The molecule has 23 heavy (non-hydrogen) atoms. The summed E-state index contributed by atoms with van der Waals surface area (Å²) in [6, 6.07) is 9.46. The van der Waals surface area contributed by atoms with Gasteiger partial charge in [-0.3, -0.25) is 4.79 Å².